The molecule has 0 aliphatic rings. The zero-order chi connectivity index (χ0) is 8.27. The first-order chi connectivity index (χ1) is 5.25. The van der Waals surface area contributed by atoms with Crippen molar-refractivity contribution in [1.82, 2.24) is 0 Å². The second kappa shape index (κ2) is 3.55. The minimum Gasteiger partial charge on any atom is -0.466 e. The summed E-state index contributed by atoms with van der Waals surface area (Å²) in [7, 11) is 1.52. The lowest BCUT2D eigenvalue weighted by Crippen LogP contribution is -1.93. The van der Waals surface area contributed by atoms with Gasteiger partial charge in [-0.15, -0.1) is 0 Å². The van der Waals surface area contributed by atoms with Gasteiger partial charge in [-0.3, -0.25) is 4.79 Å². The molecular weight excluding hydrogens is 168 g/mol. The third-order valence-corrected chi connectivity index (χ3v) is 1.44. The van der Waals surface area contributed by atoms with E-state index in [0.29, 0.717) is 11.3 Å². The number of halogens is 1. The summed E-state index contributed by atoms with van der Waals surface area (Å²) in [6.45, 7) is 0.265. The number of ether oxygens (including phenoxy) is 1. The van der Waals surface area contributed by atoms with Crippen molar-refractivity contribution in [2.24, 2.45) is 0 Å². The summed E-state index contributed by atoms with van der Waals surface area (Å²) in [5.41, 5.74) is 0.369. The third kappa shape index (κ3) is 1.82. The third-order valence-electron chi connectivity index (χ3n) is 1.23. The standard InChI is InChI=1S/C7H7ClO3/c1-10-4-6-5(7(8)9)2-3-11-6/h2-3H,4H2,1H3. The van der Waals surface area contributed by atoms with Crippen molar-refractivity contribution in [3.63, 3.8) is 0 Å². The van der Waals surface area contributed by atoms with Crippen LogP contribution in [0, 0.1) is 0 Å². The van der Waals surface area contributed by atoms with Crippen LogP contribution in [0.1, 0.15) is 16.1 Å². The zero-order valence-electron chi connectivity index (χ0n) is 5.96. The smallest absolute Gasteiger partial charge is 0.256 e. The molecular formula is C7H7ClO3. The quantitative estimate of drug-likeness (QED) is 0.656. The molecule has 1 rings (SSSR count). The second-order valence-electron chi connectivity index (χ2n) is 1.96. The predicted molar refractivity (Wildman–Crippen MR) is 39.6 cm³/mol. The molecule has 0 saturated heterocycles. The number of hydrogen-bond acceptors (Lipinski definition) is 3. The monoisotopic (exact) mass is 174 g/mol. The van der Waals surface area contributed by atoms with E-state index < -0.39 is 5.24 Å². The molecule has 0 bridgehead atoms. The van der Waals surface area contributed by atoms with E-state index in [9.17, 15) is 4.79 Å². The van der Waals surface area contributed by atoms with Crippen molar-refractivity contribution in [2.75, 3.05) is 7.11 Å². The number of carbonyl (C=O) groups is 1. The Hall–Kier alpha value is -0.800. The number of hydrogen-bond donors (Lipinski definition) is 0. The van der Waals surface area contributed by atoms with Gasteiger partial charge in [0, 0.05) is 7.11 Å². The molecule has 0 aliphatic carbocycles. The minimum absolute atomic E-state index is 0.265. The average molecular weight is 175 g/mol. The normalized spacial score (nSPS) is 10.0. The lowest BCUT2D eigenvalue weighted by atomic mass is 10.3. The maximum absolute atomic E-state index is 10.7. The molecule has 60 valence electrons. The molecule has 3 nitrogen and oxygen atoms in total. The van der Waals surface area contributed by atoms with E-state index in [0.717, 1.165) is 0 Å². The average Bonchev–Trinajstić information content (AvgIpc) is 2.36. The van der Waals surface area contributed by atoms with Crippen LogP contribution in [0.15, 0.2) is 16.7 Å². The van der Waals surface area contributed by atoms with E-state index in [1.165, 1.54) is 19.4 Å². The Morgan fingerprint density at radius 1 is 1.82 bits per heavy atom. The van der Waals surface area contributed by atoms with Crippen molar-refractivity contribution in [3.05, 3.63) is 23.7 Å². The summed E-state index contributed by atoms with van der Waals surface area (Å²) in [6.07, 6.45) is 1.41. The van der Waals surface area contributed by atoms with Crippen LogP contribution in [0.25, 0.3) is 0 Å². The molecule has 0 radical (unpaired) electrons. The Bertz CT molecular complexity index is 254. The number of furan rings is 1. The topological polar surface area (TPSA) is 39.4 Å². The Morgan fingerprint density at radius 2 is 2.55 bits per heavy atom. The maximum Gasteiger partial charge on any atom is 0.256 e. The fourth-order valence-corrected chi connectivity index (χ4v) is 0.927. The molecule has 4 heteroatoms. The van der Waals surface area contributed by atoms with Gasteiger partial charge in [0.1, 0.15) is 12.4 Å². The molecule has 0 aliphatic heterocycles. The SMILES string of the molecule is COCc1occc1C(=O)Cl. The van der Waals surface area contributed by atoms with Gasteiger partial charge in [0.05, 0.1) is 11.8 Å². The van der Waals surface area contributed by atoms with Gasteiger partial charge < -0.3 is 9.15 Å². The molecule has 0 spiro atoms. The van der Waals surface area contributed by atoms with Crippen LogP contribution < -0.4 is 0 Å². The fraction of sp³-hybridized carbons (Fsp3) is 0.286. The molecule has 0 unspecified atom stereocenters. The van der Waals surface area contributed by atoms with E-state index in [4.69, 9.17) is 20.8 Å². The molecule has 1 aromatic heterocycles. The highest BCUT2D eigenvalue weighted by molar-refractivity contribution is 6.67. The van der Waals surface area contributed by atoms with E-state index in [1.807, 2.05) is 0 Å². The summed E-state index contributed by atoms with van der Waals surface area (Å²) in [5, 5.41) is -0.522. The van der Waals surface area contributed by atoms with Crippen LogP contribution >= 0.6 is 11.6 Å². The van der Waals surface area contributed by atoms with E-state index in [-0.39, 0.29) is 6.61 Å². The Morgan fingerprint density at radius 3 is 3.09 bits per heavy atom. The van der Waals surface area contributed by atoms with E-state index >= 15 is 0 Å². The van der Waals surface area contributed by atoms with Crippen molar-refractivity contribution >= 4 is 16.8 Å². The van der Waals surface area contributed by atoms with Crippen molar-refractivity contribution in [3.8, 4) is 0 Å². The van der Waals surface area contributed by atoms with Gasteiger partial charge in [0.25, 0.3) is 5.24 Å². The highest BCUT2D eigenvalue weighted by Crippen LogP contribution is 2.13. The van der Waals surface area contributed by atoms with Gasteiger partial charge >= 0.3 is 0 Å². The summed E-state index contributed by atoms with van der Waals surface area (Å²) in [4.78, 5) is 10.7. The number of carbonyl (C=O) groups excluding carboxylic acids is 1. The summed E-state index contributed by atoms with van der Waals surface area (Å²) < 4.78 is 9.71. The van der Waals surface area contributed by atoms with Crippen LogP contribution in [0.2, 0.25) is 0 Å². The lowest BCUT2D eigenvalue weighted by Gasteiger charge is -1.94. The molecule has 0 saturated carbocycles. The summed E-state index contributed by atoms with van der Waals surface area (Å²) in [5.74, 6) is 0.465. The molecule has 1 heterocycles. The van der Waals surface area contributed by atoms with Gasteiger partial charge in [-0.1, -0.05) is 0 Å². The van der Waals surface area contributed by atoms with Crippen LogP contribution in [0.3, 0.4) is 0 Å². The Kier molecular flexibility index (Phi) is 2.68. The highest BCUT2D eigenvalue weighted by Gasteiger charge is 2.10. The zero-order valence-corrected chi connectivity index (χ0v) is 6.72. The van der Waals surface area contributed by atoms with Gasteiger partial charge in [0.2, 0.25) is 0 Å². The van der Waals surface area contributed by atoms with Crippen molar-refractivity contribution in [2.45, 2.75) is 6.61 Å². The van der Waals surface area contributed by atoms with E-state index in [1.54, 1.807) is 0 Å². The minimum atomic E-state index is -0.522. The molecule has 0 aromatic carbocycles. The first-order valence-corrected chi connectivity index (χ1v) is 3.38. The first kappa shape index (κ1) is 8.30. The first-order valence-electron chi connectivity index (χ1n) is 3.01. The van der Waals surface area contributed by atoms with Gasteiger partial charge in [-0.25, -0.2) is 0 Å². The maximum atomic E-state index is 10.7. The van der Waals surface area contributed by atoms with Crippen LogP contribution in [-0.2, 0) is 11.3 Å². The molecule has 1 aromatic rings. The van der Waals surface area contributed by atoms with Crippen molar-refractivity contribution in [1.29, 1.82) is 0 Å². The van der Waals surface area contributed by atoms with Crippen LogP contribution in [-0.4, -0.2) is 12.4 Å². The van der Waals surface area contributed by atoms with Gasteiger partial charge in [-0.2, -0.15) is 0 Å². The molecule has 0 atom stereocenters. The number of rotatable bonds is 3. The van der Waals surface area contributed by atoms with E-state index in [2.05, 4.69) is 0 Å². The van der Waals surface area contributed by atoms with Gasteiger partial charge in [-0.05, 0) is 17.7 Å². The fourth-order valence-electron chi connectivity index (χ4n) is 0.759. The van der Waals surface area contributed by atoms with Crippen LogP contribution in [0.5, 0.6) is 0 Å². The highest BCUT2D eigenvalue weighted by atomic mass is 35.5. The second-order valence-corrected chi connectivity index (χ2v) is 2.31. The molecule has 0 N–H and O–H groups in total. The predicted octanol–water partition coefficient (Wildman–Crippen LogP) is 1.81. The van der Waals surface area contributed by atoms with Crippen molar-refractivity contribution < 1.29 is 13.9 Å². The lowest BCUT2D eigenvalue weighted by molar-refractivity contribution is 0.107. The summed E-state index contributed by atoms with van der Waals surface area (Å²) >= 11 is 5.23. The van der Waals surface area contributed by atoms with Gasteiger partial charge in [0.15, 0.2) is 0 Å². The summed E-state index contributed by atoms with van der Waals surface area (Å²) in [6, 6.07) is 1.52. The molecule has 0 amide bonds. The Labute approximate surface area is 68.9 Å². The largest absolute Gasteiger partial charge is 0.466 e. The molecule has 11 heavy (non-hydrogen) atoms. The number of methoxy groups -OCH3 is 1. The Balaban J connectivity index is 2.87. The molecule has 0 fully saturated rings. The van der Waals surface area contributed by atoms with Crippen LogP contribution in [0.4, 0.5) is 0 Å².